The van der Waals surface area contributed by atoms with Gasteiger partial charge in [0.15, 0.2) is 0 Å². The zero-order valence-electron chi connectivity index (χ0n) is 9.92. The first kappa shape index (κ1) is 14.8. The number of carboxylic acids is 1. The van der Waals surface area contributed by atoms with Gasteiger partial charge in [0, 0.05) is 25.3 Å². The molecule has 17 heavy (non-hydrogen) atoms. The summed E-state index contributed by atoms with van der Waals surface area (Å²) in [5.74, 6) is -0.0719. The molecule has 7 heteroatoms. The van der Waals surface area contributed by atoms with Crippen molar-refractivity contribution in [3.8, 4) is 6.01 Å². The minimum Gasteiger partial charge on any atom is -0.550 e. The molecule has 0 unspecified atom stereocenters. The Kier molecular flexibility index (Phi) is 5.81. The maximum Gasteiger partial charge on any atom is 1.00 e. The summed E-state index contributed by atoms with van der Waals surface area (Å²) in [7, 11) is 1.51. The van der Waals surface area contributed by atoms with Crippen LogP contribution in [0.1, 0.15) is 6.42 Å². The second kappa shape index (κ2) is 6.65. The number of aliphatic carboxylic acids is 1. The number of hydrogen-bond acceptors (Lipinski definition) is 6. The minimum atomic E-state index is -0.995. The van der Waals surface area contributed by atoms with Crippen molar-refractivity contribution in [2.45, 2.75) is 6.42 Å². The molecule has 1 aliphatic heterocycles. The summed E-state index contributed by atoms with van der Waals surface area (Å²) in [4.78, 5) is 20.4. The first-order valence-electron chi connectivity index (χ1n) is 5.01. The molecule has 0 atom stereocenters. The van der Waals surface area contributed by atoms with Crippen LogP contribution >= 0.6 is 0 Å². The fraction of sp³-hybridized carbons (Fsp3) is 0.500. The predicted octanol–water partition coefficient (Wildman–Crippen LogP) is -3.93. The molecule has 0 aromatic carbocycles. The maximum atomic E-state index is 10.4. The molecule has 2 rings (SSSR count). The van der Waals surface area contributed by atoms with Gasteiger partial charge >= 0.3 is 57.4 Å². The van der Waals surface area contributed by atoms with E-state index in [1.807, 2.05) is 4.90 Å². The summed E-state index contributed by atoms with van der Waals surface area (Å²) >= 11 is 0. The van der Waals surface area contributed by atoms with E-state index in [9.17, 15) is 9.90 Å². The van der Waals surface area contributed by atoms with E-state index < -0.39 is 5.97 Å². The molecule has 0 radical (unpaired) electrons. The van der Waals surface area contributed by atoms with Crippen LogP contribution in [0.15, 0.2) is 12.3 Å². The zero-order valence-corrected chi connectivity index (χ0v) is 13.0. The molecule has 0 saturated carbocycles. The topological polar surface area (TPSA) is 78.4 Å². The Morgan fingerprint density at radius 2 is 2.35 bits per heavy atom. The second-order valence-corrected chi connectivity index (χ2v) is 3.75. The van der Waals surface area contributed by atoms with E-state index in [4.69, 9.17) is 4.74 Å². The van der Waals surface area contributed by atoms with E-state index in [2.05, 4.69) is 9.97 Å². The van der Waals surface area contributed by atoms with E-state index in [0.29, 0.717) is 19.1 Å². The third-order valence-corrected chi connectivity index (χ3v) is 2.54. The third kappa shape index (κ3) is 3.89. The number of hydrogen-bond donors (Lipinski definition) is 0. The first-order valence-corrected chi connectivity index (χ1v) is 5.01. The van der Waals surface area contributed by atoms with Crippen LogP contribution in [0.4, 0.5) is 5.82 Å². The van der Waals surface area contributed by atoms with Gasteiger partial charge in [0.05, 0.1) is 7.11 Å². The number of anilines is 1. The molecule has 1 fully saturated rings. The molecule has 1 saturated heterocycles. The summed E-state index contributed by atoms with van der Waals surface area (Å²) in [5.41, 5.74) is 0. The normalized spacial score (nSPS) is 14.8. The number of carbonyl (C=O) groups excluding carboxylic acids is 1. The summed E-state index contributed by atoms with van der Waals surface area (Å²) in [6.45, 7) is 1.38. The van der Waals surface area contributed by atoms with Crippen molar-refractivity contribution in [3.05, 3.63) is 12.3 Å². The van der Waals surface area contributed by atoms with Gasteiger partial charge in [-0.25, -0.2) is 4.98 Å². The van der Waals surface area contributed by atoms with Gasteiger partial charge in [-0.05, 0) is 18.4 Å². The van der Waals surface area contributed by atoms with Crippen molar-refractivity contribution in [1.29, 1.82) is 0 Å². The first-order chi connectivity index (χ1) is 7.69. The van der Waals surface area contributed by atoms with Crippen LogP contribution in [0.5, 0.6) is 6.01 Å². The van der Waals surface area contributed by atoms with E-state index in [1.165, 1.54) is 7.11 Å². The van der Waals surface area contributed by atoms with Gasteiger partial charge in [-0.1, -0.05) is 0 Å². The monoisotopic (exact) mass is 261 g/mol. The molecule has 1 aromatic rings. The van der Waals surface area contributed by atoms with Crippen LogP contribution in [0.2, 0.25) is 0 Å². The average molecular weight is 261 g/mol. The largest absolute Gasteiger partial charge is 1.00 e. The van der Waals surface area contributed by atoms with E-state index in [1.54, 1.807) is 12.3 Å². The van der Waals surface area contributed by atoms with Crippen LogP contribution in [0.25, 0.3) is 0 Å². The average Bonchev–Trinajstić information content (AvgIpc) is 2.22. The number of nitrogens with zero attached hydrogens (tertiary/aromatic N) is 3. The Labute approximate surface area is 142 Å². The standard InChI is InChI=1S/C10H13N3O3.K/c1-16-10-11-3-2-8(12-10)13-5-7(6-13)4-9(14)15;/h2-3,7H,4-6H2,1H3,(H,14,15);/q;+1/p-1. The molecule has 1 aromatic heterocycles. The summed E-state index contributed by atoms with van der Waals surface area (Å²) < 4.78 is 4.91. The van der Waals surface area contributed by atoms with E-state index in [0.717, 1.165) is 5.82 Å². The second-order valence-electron chi connectivity index (χ2n) is 3.75. The van der Waals surface area contributed by atoms with Gasteiger partial charge in [0.1, 0.15) is 5.82 Å². The Hall–Kier alpha value is -0.214. The van der Waals surface area contributed by atoms with Gasteiger partial charge in [-0.15, -0.1) is 0 Å². The van der Waals surface area contributed by atoms with Crippen LogP contribution in [0, 0.1) is 5.92 Å². The molecule has 0 spiro atoms. The smallest absolute Gasteiger partial charge is 0.550 e. The fourth-order valence-corrected chi connectivity index (χ4v) is 1.73. The molecule has 0 amide bonds. The zero-order chi connectivity index (χ0) is 11.5. The number of ether oxygens (including phenoxy) is 1. The van der Waals surface area contributed by atoms with Gasteiger partial charge in [0.25, 0.3) is 0 Å². The van der Waals surface area contributed by atoms with Crippen molar-refractivity contribution in [2.24, 2.45) is 5.92 Å². The van der Waals surface area contributed by atoms with Crippen molar-refractivity contribution >= 4 is 11.8 Å². The molecule has 1 aliphatic rings. The number of aromatic nitrogens is 2. The fourth-order valence-electron chi connectivity index (χ4n) is 1.73. The minimum absolute atomic E-state index is 0. The molecular formula is C10H12KN3O3. The molecular weight excluding hydrogens is 249 g/mol. The van der Waals surface area contributed by atoms with Crippen LogP contribution < -0.4 is 66.1 Å². The molecule has 0 aliphatic carbocycles. The molecule has 0 N–H and O–H groups in total. The quantitative estimate of drug-likeness (QED) is 0.515. The summed E-state index contributed by atoms with van der Waals surface area (Å²) in [5, 5.41) is 10.4. The molecule has 0 bridgehead atoms. The van der Waals surface area contributed by atoms with Crippen LogP contribution in [-0.2, 0) is 4.79 Å². The van der Waals surface area contributed by atoms with Crippen molar-refractivity contribution in [1.82, 2.24) is 9.97 Å². The Morgan fingerprint density at radius 3 is 2.94 bits per heavy atom. The van der Waals surface area contributed by atoms with Crippen molar-refractivity contribution < 1.29 is 66.0 Å². The third-order valence-electron chi connectivity index (χ3n) is 2.54. The van der Waals surface area contributed by atoms with Crippen molar-refractivity contribution in [3.63, 3.8) is 0 Å². The van der Waals surface area contributed by atoms with Crippen LogP contribution in [-0.4, -0.2) is 36.1 Å². The maximum absolute atomic E-state index is 10.4. The number of carbonyl (C=O) groups is 1. The Balaban J connectivity index is 0.00000144. The van der Waals surface area contributed by atoms with Crippen LogP contribution in [0.3, 0.4) is 0 Å². The molecule has 6 nitrogen and oxygen atoms in total. The predicted molar refractivity (Wildman–Crippen MR) is 53.9 cm³/mol. The van der Waals surface area contributed by atoms with E-state index in [-0.39, 0.29) is 63.7 Å². The van der Waals surface area contributed by atoms with E-state index >= 15 is 0 Å². The molecule has 86 valence electrons. The summed E-state index contributed by atoms with van der Waals surface area (Å²) in [6.07, 6.45) is 1.73. The Morgan fingerprint density at radius 1 is 1.65 bits per heavy atom. The Bertz CT molecular complexity index is 396. The summed E-state index contributed by atoms with van der Waals surface area (Å²) in [6, 6.07) is 2.10. The number of carboxylic acid groups (broad SMARTS) is 1. The van der Waals surface area contributed by atoms with Gasteiger partial charge in [-0.2, -0.15) is 4.98 Å². The molecule has 2 heterocycles. The van der Waals surface area contributed by atoms with Gasteiger partial charge < -0.3 is 19.5 Å². The number of rotatable bonds is 4. The van der Waals surface area contributed by atoms with Gasteiger partial charge in [0.2, 0.25) is 0 Å². The number of methoxy groups -OCH3 is 1. The van der Waals surface area contributed by atoms with Gasteiger partial charge in [-0.3, -0.25) is 0 Å². The van der Waals surface area contributed by atoms with Crippen molar-refractivity contribution in [2.75, 3.05) is 25.1 Å². The SMILES string of the molecule is COc1nccc(N2CC(CC(=O)[O-])C2)n1.[K+].